The Hall–Kier alpha value is -1.06. The number of hydrogen-bond donors (Lipinski definition) is 1. The first-order chi connectivity index (χ1) is 6.34. The molecule has 1 aliphatic carbocycles. The van der Waals surface area contributed by atoms with Crippen molar-refractivity contribution >= 4 is 6.01 Å². The predicted molar refractivity (Wildman–Crippen MR) is 49.0 cm³/mol. The van der Waals surface area contributed by atoms with E-state index in [0.717, 1.165) is 18.2 Å². The minimum absolute atomic E-state index is 0.186. The molecule has 4 heteroatoms. The second-order valence-electron chi connectivity index (χ2n) is 3.76. The second-order valence-corrected chi connectivity index (χ2v) is 3.76. The number of anilines is 1. The molecule has 1 heterocycles. The molecule has 1 aromatic heterocycles. The van der Waals surface area contributed by atoms with Gasteiger partial charge in [0.2, 0.25) is 0 Å². The van der Waals surface area contributed by atoms with Gasteiger partial charge in [0.25, 0.3) is 0 Å². The summed E-state index contributed by atoms with van der Waals surface area (Å²) in [7, 11) is 0. The fourth-order valence-corrected chi connectivity index (χ4v) is 2.00. The summed E-state index contributed by atoms with van der Waals surface area (Å²) in [6.45, 7) is 0. The van der Waals surface area contributed by atoms with Crippen molar-refractivity contribution in [1.29, 1.82) is 0 Å². The smallest absolute Gasteiger partial charge is 0.318 e. The molecule has 0 bridgehead atoms. The topological polar surface area (TPSA) is 64.9 Å². The highest BCUT2D eigenvalue weighted by Gasteiger charge is 2.16. The van der Waals surface area contributed by atoms with E-state index < -0.39 is 0 Å². The van der Waals surface area contributed by atoms with Gasteiger partial charge in [-0.3, -0.25) is 0 Å². The fourth-order valence-electron chi connectivity index (χ4n) is 2.00. The highest BCUT2D eigenvalue weighted by atomic mass is 16.5. The summed E-state index contributed by atoms with van der Waals surface area (Å²) < 4.78 is 4.72. The molecule has 1 aromatic rings. The lowest BCUT2D eigenvalue weighted by molar-refractivity contribution is 0.343. The summed E-state index contributed by atoms with van der Waals surface area (Å²) in [4.78, 5) is 4.00. The quantitative estimate of drug-likeness (QED) is 0.755. The molecule has 4 nitrogen and oxygen atoms in total. The molecule has 1 fully saturated rings. The molecular weight excluding hydrogens is 166 g/mol. The van der Waals surface area contributed by atoms with E-state index in [2.05, 4.69) is 10.1 Å². The first-order valence-corrected chi connectivity index (χ1v) is 4.92. The highest BCUT2D eigenvalue weighted by Crippen LogP contribution is 2.25. The van der Waals surface area contributed by atoms with E-state index in [1.807, 2.05) is 0 Å². The maximum atomic E-state index is 5.34. The number of aromatic nitrogens is 2. The van der Waals surface area contributed by atoms with Crippen LogP contribution in [0.3, 0.4) is 0 Å². The maximum absolute atomic E-state index is 5.34. The van der Waals surface area contributed by atoms with Crippen molar-refractivity contribution in [2.24, 2.45) is 5.92 Å². The molecule has 0 unspecified atom stereocenters. The molecule has 13 heavy (non-hydrogen) atoms. The average Bonchev–Trinajstić information content (AvgIpc) is 2.53. The minimum atomic E-state index is 0.186. The Bertz CT molecular complexity index is 266. The van der Waals surface area contributed by atoms with E-state index in [1.165, 1.54) is 32.1 Å². The molecule has 0 atom stereocenters. The summed E-state index contributed by atoms with van der Waals surface area (Å²) in [5, 5.41) is 3.80. The molecule has 0 amide bonds. The van der Waals surface area contributed by atoms with Crippen molar-refractivity contribution in [1.82, 2.24) is 10.1 Å². The van der Waals surface area contributed by atoms with Crippen LogP contribution in [0, 0.1) is 5.92 Å². The third kappa shape index (κ3) is 2.20. The van der Waals surface area contributed by atoms with E-state index in [-0.39, 0.29) is 6.01 Å². The zero-order valence-corrected chi connectivity index (χ0v) is 7.70. The second kappa shape index (κ2) is 3.77. The van der Waals surface area contributed by atoms with Gasteiger partial charge in [0, 0.05) is 6.42 Å². The van der Waals surface area contributed by atoms with Crippen LogP contribution in [0.15, 0.2) is 4.52 Å². The van der Waals surface area contributed by atoms with Crippen LogP contribution < -0.4 is 5.73 Å². The summed E-state index contributed by atoms with van der Waals surface area (Å²) in [6.07, 6.45) is 7.60. The van der Waals surface area contributed by atoms with Crippen molar-refractivity contribution < 1.29 is 4.52 Å². The molecule has 1 aliphatic rings. The van der Waals surface area contributed by atoms with Gasteiger partial charge in [-0.1, -0.05) is 37.3 Å². The lowest BCUT2D eigenvalue weighted by atomic mass is 9.87. The van der Waals surface area contributed by atoms with Gasteiger partial charge in [-0.25, -0.2) is 0 Å². The van der Waals surface area contributed by atoms with Crippen LogP contribution >= 0.6 is 0 Å². The largest absolute Gasteiger partial charge is 0.351 e. The average molecular weight is 181 g/mol. The zero-order valence-electron chi connectivity index (χ0n) is 7.70. The third-order valence-corrected chi connectivity index (χ3v) is 2.68. The fraction of sp³-hybridized carbons (Fsp3) is 0.778. The van der Waals surface area contributed by atoms with Crippen molar-refractivity contribution in [3.8, 4) is 0 Å². The van der Waals surface area contributed by atoms with Crippen LogP contribution in [-0.4, -0.2) is 10.1 Å². The molecule has 0 aliphatic heterocycles. The number of rotatable bonds is 2. The lowest BCUT2D eigenvalue weighted by Crippen LogP contribution is -2.10. The van der Waals surface area contributed by atoms with Crippen LogP contribution in [0.4, 0.5) is 6.01 Å². The van der Waals surface area contributed by atoms with Gasteiger partial charge in [-0.05, 0) is 5.92 Å². The normalized spacial score (nSPS) is 19.1. The third-order valence-electron chi connectivity index (χ3n) is 2.68. The summed E-state index contributed by atoms with van der Waals surface area (Å²) >= 11 is 0. The van der Waals surface area contributed by atoms with Crippen LogP contribution in [0.5, 0.6) is 0 Å². The maximum Gasteiger partial charge on any atom is 0.318 e. The molecule has 0 aromatic carbocycles. The molecule has 2 N–H and O–H groups in total. The van der Waals surface area contributed by atoms with Gasteiger partial charge < -0.3 is 10.3 Å². The highest BCUT2D eigenvalue weighted by molar-refractivity contribution is 5.07. The van der Waals surface area contributed by atoms with Crippen LogP contribution in [-0.2, 0) is 6.42 Å². The van der Waals surface area contributed by atoms with Gasteiger partial charge in [0.15, 0.2) is 5.82 Å². The number of nitrogen functional groups attached to an aromatic ring is 1. The first-order valence-electron chi connectivity index (χ1n) is 4.92. The minimum Gasteiger partial charge on any atom is -0.351 e. The van der Waals surface area contributed by atoms with Crippen molar-refractivity contribution in [3.63, 3.8) is 0 Å². The molecule has 72 valence electrons. The monoisotopic (exact) mass is 181 g/mol. The van der Waals surface area contributed by atoms with E-state index in [1.54, 1.807) is 0 Å². The van der Waals surface area contributed by atoms with E-state index in [9.17, 15) is 0 Å². The van der Waals surface area contributed by atoms with Gasteiger partial charge in [-0.15, -0.1) is 0 Å². The summed E-state index contributed by atoms with van der Waals surface area (Å²) in [5.74, 6) is 1.51. The van der Waals surface area contributed by atoms with E-state index in [0.29, 0.717) is 0 Å². The Balaban J connectivity index is 1.89. The molecule has 0 radical (unpaired) electrons. The first kappa shape index (κ1) is 8.53. The Morgan fingerprint density at radius 2 is 2.08 bits per heavy atom. The Morgan fingerprint density at radius 1 is 1.31 bits per heavy atom. The molecule has 0 saturated heterocycles. The molecule has 0 spiro atoms. The molecule has 2 rings (SSSR count). The number of nitrogens with zero attached hydrogens (tertiary/aromatic N) is 2. The lowest BCUT2D eigenvalue weighted by Gasteiger charge is -2.19. The van der Waals surface area contributed by atoms with E-state index in [4.69, 9.17) is 10.3 Å². The van der Waals surface area contributed by atoms with Crippen LogP contribution in [0.25, 0.3) is 0 Å². The molecule has 1 saturated carbocycles. The summed E-state index contributed by atoms with van der Waals surface area (Å²) in [5.41, 5.74) is 5.34. The van der Waals surface area contributed by atoms with Crippen molar-refractivity contribution in [2.45, 2.75) is 38.5 Å². The summed E-state index contributed by atoms with van der Waals surface area (Å²) in [6, 6.07) is 0.186. The van der Waals surface area contributed by atoms with E-state index >= 15 is 0 Å². The zero-order chi connectivity index (χ0) is 9.10. The Morgan fingerprint density at radius 3 is 2.69 bits per heavy atom. The van der Waals surface area contributed by atoms with Crippen LogP contribution in [0.2, 0.25) is 0 Å². The van der Waals surface area contributed by atoms with Gasteiger partial charge >= 0.3 is 6.01 Å². The SMILES string of the molecule is Nc1nc(CC2CCCCC2)no1. The standard InChI is InChI=1S/C9H15N3O/c10-9-11-8(12-13-9)6-7-4-2-1-3-5-7/h7H,1-6H2,(H2,10,11,12). The Kier molecular flexibility index (Phi) is 2.47. The molecular formula is C9H15N3O. The number of nitrogens with two attached hydrogens (primary N) is 1. The van der Waals surface area contributed by atoms with Gasteiger partial charge in [-0.2, -0.15) is 4.98 Å². The van der Waals surface area contributed by atoms with Gasteiger partial charge in [0.05, 0.1) is 0 Å². The van der Waals surface area contributed by atoms with Crippen molar-refractivity contribution in [3.05, 3.63) is 5.82 Å². The predicted octanol–water partition coefficient (Wildman–Crippen LogP) is 1.77. The Labute approximate surface area is 77.5 Å². The van der Waals surface area contributed by atoms with Gasteiger partial charge in [0.1, 0.15) is 0 Å². The van der Waals surface area contributed by atoms with Crippen molar-refractivity contribution in [2.75, 3.05) is 5.73 Å². The van der Waals surface area contributed by atoms with Crippen LogP contribution in [0.1, 0.15) is 37.9 Å². The number of hydrogen-bond acceptors (Lipinski definition) is 4.